The molecule has 96 valence electrons. The normalized spacial score (nSPS) is 12.7. The van der Waals surface area contributed by atoms with Gasteiger partial charge in [-0.15, -0.1) is 0 Å². The Hall–Kier alpha value is -1.02. The maximum absolute atomic E-state index is 5.79. The van der Waals surface area contributed by atoms with Crippen LogP contribution in [0.4, 0.5) is 0 Å². The average Bonchev–Trinajstić information content (AvgIpc) is 2.38. The Morgan fingerprint density at radius 2 is 1.88 bits per heavy atom. The quantitative estimate of drug-likeness (QED) is 0.683. The first-order valence-electron chi connectivity index (χ1n) is 6.69. The summed E-state index contributed by atoms with van der Waals surface area (Å²) in [5, 5.41) is 0. The highest BCUT2D eigenvalue weighted by molar-refractivity contribution is 5.20. The van der Waals surface area contributed by atoms with Crippen LogP contribution >= 0.6 is 0 Å². The molecule has 0 amide bonds. The van der Waals surface area contributed by atoms with E-state index in [9.17, 15) is 0 Å². The van der Waals surface area contributed by atoms with E-state index in [1.54, 1.807) is 0 Å². The lowest BCUT2D eigenvalue weighted by Crippen LogP contribution is -2.37. The van der Waals surface area contributed by atoms with Crippen LogP contribution in [-0.4, -0.2) is 30.6 Å². The van der Waals surface area contributed by atoms with Crippen molar-refractivity contribution in [2.75, 3.05) is 19.7 Å². The van der Waals surface area contributed by atoms with E-state index in [1.807, 2.05) is 30.3 Å². The van der Waals surface area contributed by atoms with Crippen LogP contribution in [0.25, 0.3) is 0 Å². The van der Waals surface area contributed by atoms with Crippen LogP contribution in [0.1, 0.15) is 33.6 Å². The molecule has 0 radical (unpaired) electrons. The van der Waals surface area contributed by atoms with Gasteiger partial charge in [-0.2, -0.15) is 0 Å². The Kier molecular flexibility index (Phi) is 6.71. The van der Waals surface area contributed by atoms with Crippen LogP contribution < -0.4 is 4.74 Å². The van der Waals surface area contributed by atoms with E-state index in [0.717, 1.165) is 18.9 Å². The predicted octanol–water partition coefficient (Wildman–Crippen LogP) is 3.58. The smallest absolute Gasteiger partial charge is 0.119 e. The number of likely N-dealkylation sites (N-methyl/N-ethyl adjacent to an activating group) is 1. The van der Waals surface area contributed by atoms with Gasteiger partial charge in [0.15, 0.2) is 0 Å². The molecule has 0 heterocycles. The number of benzene rings is 1. The molecular weight excluding hydrogens is 210 g/mol. The maximum atomic E-state index is 5.79. The Bertz CT molecular complexity index is 286. The van der Waals surface area contributed by atoms with E-state index < -0.39 is 0 Å². The van der Waals surface area contributed by atoms with Gasteiger partial charge in [0.25, 0.3) is 0 Å². The average molecular weight is 235 g/mol. The highest BCUT2D eigenvalue weighted by Gasteiger charge is 2.11. The fourth-order valence-electron chi connectivity index (χ4n) is 1.89. The lowest BCUT2D eigenvalue weighted by Gasteiger charge is -2.27. The minimum atomic E-state index is 0.478. The van der Waals surface area contributed by atoms with Gasteiger partial charge < -0.3 is 4.74 Å². The molecule has 1 rings (SSSR count). The summed E-state index contributed by atoms with van der Waals surface area (Å²) in [6, 6.07) is 10.5. The fourth-order valence-corrected chi connectivity index (χ4v) is 1.89. The zero-order valence-electron chi connectivity index (χ0n) is 11.4. The Balaban J connectivity index is 2.34. The summed E-state index contributed by atoms with van der Waals surface area (Å²) in [5.74, 6) is 0.964. The van der Waals surface area contributed by atoms with Crippen LogP contribution in [0.15, 0.2) is 30.3 Å². The van der Waals surface area contributed by atoms with Gasteiger partial charge in [-0.05, 0) is 38.6 Å². The molecule has 1 aromatic rings. The van der Waals surface area contributed by atoms with E-state index in [0.29, 0.717) is 6.04 Å². The first kappa shape index (κ1) is 14.0. The Morgan fingerprint density at radius 1 is 1.18 bits per heavy atom. The number of rotatable bonds is 8. The van der Waals surface area contributed by atoms with E-state index in [1.165, 1.54) is 19.4 Å². The van der Waals surface area contributed by atoms with Crippen molar-refractivity contribution in [1.82, 2.24) is 4.90 Å². The largest absolute Gasteiger partial charge is 0.492 e. The summed E-state index contributed by atoms with van der Waals surface area (Å²) < 4.78 is 5.79. The number of ether oxygens (including phenoxy) is 1. The summed E-state index contributed by atoms with van der Waals surface area (Å²) >= 11 is 0. The van der Waals surface area contributed by atoms with Gasteiger partial charge in [0.1, 0.15) is 12.4 Å². The van der Waals surface area contributed by atoms with E-state index >= 15 is 0 Å². The summed E-state index contributed by atoms with van der Waals surface area (Å²) in [6.45, 7) is 9.73. The lowest BCUT2D eigenvalue weighted by atomic mass is 10.2. The molecule has 0 aliphatic rings. The molecule has 2 heteroatoms. The molecule has 0 aromatic heterocycles. The molecule has 0 bridgehead atoms. The van der Waals surface area contributed by atoms with Gasteiger partial charge in [-0.1, -0.05) is 38.5 Å². The standard InChI is InChI=1S/C15H25NO/c1-4-6-12-16(5-2)14(3)13-17-15-10-8-7-9-11-15/h7-11,14H,4-6,12-13H2,1-3H3/t14-/m0/s1. The molecule has 0 saturated carbocycles. The Morgan fingerprint density at radius 3 is 2.47 bits per heavy atom. The summed E-state index contributed by atoms with van der Waals surface area (Å²) in [6.07, 6.45) is 2.52. The van der Waals surface area contributed by atoms with E-state index in [4.69, 9.17) is 4.74 Å². The number of nitrogens with zero attached hydrogens (tertiary/aromatic N) is 1. The minimum absolute atomic E-state index is 0.478. The highest BCUT2D eigenvalue weighted by Crippen LogP contribution is 2.10. The first-order chi connectivity index (χ1) is 8.27. The second-order valence-electron chi connectivity index (χ2n) is 4.46. The number of hydrogen-bond acceptors (Lipinski definition) is 2. The highest BCUT2D eigenvalue weighted by atomic mass is 16.5. The third-order valence-corrected chi connectivity index (χ3v) is 3.06. The number of unbranched alkanes of at least 4 members (excludes halogenated alkanes) is 1. The molecule has 0 saturated heterocycles. The number of para-hydroxylation sites is 1. The van der Waals surface area contributed by atoms with Crippen LogP contribution in [0.5, 0.6) is 5.75 Å². The Labute approximate surface area is 106 Å². The van der Waals surface area contributed by atoms with E-state index in [2.05, 4.69) is 25.7 Å². The van der Waals surface area contributed by atoms with Gasteiger partial charge in [-0.25, -0.2) is 0 Å². The zero-order valence-corrected chi connectivity index (χ0v) is 11.4. The summed E-state index contributed by atoms with van der Waals surface area (Å²) in [4.78, 5) is 2.48. The van der Waals surface area contributed by atoms with Gasteiger partial charge >= 0.3 is 0 Å². The first-order valence-corrected chi connectivity index (χ1v) is 6.69. The van der Waals surface area contributed by atoms with Crippen LogP contribution in [-0.2, 0) is 0 Å². The topological polar surface area (TPSA) is 12.5 Å². The second-order valence-corrected chi connectivity index (χ2v) is 4.46. The molecule has 0 N–H and O–H groups in total. The number of hydrogen-bond donors (Lipinski definition) is 0. The van der Waals surface area contributed by atoms with Crippen molar-refractivity contribution in [3.05, 3.63) is 30.3 Å². The molecule has 17 heavy (non-hydrogen) atoms. The van der Waals surface area contributed by atoms with Gasteiger partial charge in [0.2, 0.25) is 0 Å². The van der Waals surface area contributed by atoms with Crippen molar-refractivity contribution in [3.8, 4) is 5.75 Å². The third-order valence-electron chi connectivity index (χ3n) is 3.06. The van der Waals surface area contributed by atoms with Gasteiger partial charge in [0, 0.05) is 6.04 Å². The van der Waals surface area contributed by atoms with Crippen molar-refractivity contribution in [2.45, 2.75) is 39.7 Å². The van der Waals surface area contributed by atoms with Crippen LogP contribution in [0.3, 0.4) is 0 Å². The SMILES string of the molecule is CCCCN(CC)[C@@H](C)COc1ccccc1. The predicted molar refractivity (Wildman–Crippen MR) is 73.6 cm³/mol. The molecule has 0 fully saturated rings. The molecule has 0 spiro atoms. The van der Waals surface area contributed by atoms with Crippen molar-refractivity contribution >= 4 is 0 Å². The van der Waals surface area contributed by atoms with Crippen molar-refractivity contribution < 1.29 is 4.74 Å². The second kappa shape index (κ2) is 8.13. The molecular formula is C15H25NO. The molecule has 1 atom stereocenters. The molecule has 0 aliphatic heterocycles. The fraction of sp³-hybridized carbons (Fsp3) is 0.600. The maximum Gasteiger partial charge on any atom is 0.119 e. The van der Waals surface area contributed by atoms with E-state index in [-0.39, 0.29) is 0 Å². The molecule has 1 aromatic carbocycles. The molecule has 0 aliphatic carbocycles. The van der Waals surface area contributed by atoms with Gasteiger partial charge in [-0.3, -0.25) is 4.90 Å². The summed E-state index contributed by atoms with van der Waals surface area (Å²) in [7, 11) is 0. The van der Waals surface area contributed by atoms with Crippen molar-refractivity contribution in [1.29, 1.82) is 0 Å². The lowest BCUT2D eigenvalue weighted by molar-refractivity contribution is 0.150. The minimum Gasteiger partial charge on any atom is -0.492 e. The van der Waals surface area contributed by atoms with Crippen molar-refractivity contribution in [3.63, 3.8) is 0 Å². The van der Waals surface area contributed by atoms with Crippen molar-refractivity contribution in [2.24, 2.45) is 0 Å². The third kappa shape index (κ3) is 5.22. The molecule has 0 unspecified atom stereocenters. The summed E-state index contributed by atoms with van der Waals surface area (Å²) in [5.41, 5.74) is 0. The van der Waals surface area contributed by atoms with Gasteiger partial charge in [0.05, 0.1) is 0 Å². The monoisotopic (exact) mass is 235 g/mol. The zero-order chi connectivity index (χ0) is 12.5. The van der Waals surface area contributed by atoms with Crippen LogP contribution in [0.2, 0.25) is 0 Å². The molecule has 2 nitrogen and oxygen atoms in total. The van der Waals surface area contributed by atoms with Crippen LogP contribution in [0, 0.1) is 0 Å².